The van der Waals surface area contributed by atoms with Crippen LogP contribution in [0.15, 0.2) is 194 Å². The zero-order chi connectivity index (χ0) is 39.8. The fourth-order valence-corrected chi connectivity index (χ4v) is 7.39. The first kappa shape index (κ1) is 37.7. The third kappa shape index (κ3) is 9.10. The summed E-state index contributed by atoms with van der Waals surface area (Å²) in [6.45, 7) is 8.56. The lowest BCUT2D eigenvalue weighted by atomic mass is 10.0. The van der Waals surface area contributed by atoms with Gasteiger partial charge >= 0.3 is 0 Å². The van der Waals surface area contributed by atoms with Crippen molar-refractivity contribution in [2.45, 2.75) is 27.7 Å². The molecule has 2 heteroatoms. The Kier molecular flexibility index (Phi) is 11.3. The Morgan fingerprint density at radius 1 is 0.259 bits per heavy atom. The van der Waals surface area contributed by atoms with Crippen LogP contribution >= 0.6 is 0 Å². The van der Waals surface area contributed by atoms with Gasteiger partial charge in [0.1, 0.15) is 0 Å². The van der Waals surface area contributed by atoms with Crippen LogP contribution in [0.25, 0.3) is 35.4 Å². The van der Waals surface area contributed by atoms with Crippen LogP contribution in [0.4, 0.5) is 34.1 Å². The number of hydrogen-bond acceptors (Lipinski definition) is 2. The number of hydrogen-bond donors (Lipinski definition) is 0. The van der Waals surface area contributed by atoms with Gasteiger partial charge in [-0.3, -0.25) is 0 Å². The molecule has 0 aliphatic rings. The van der Waals surface area contributed by atoms with Gasteiger partial charge in [0.15, 0.2) is 0 Å². The fourth-order valence-electron chi connectivity index (χ4n) is 7.39. The van der Waals surface area contributed by atoms with Crippen molar-refractivity contribution in [3.63, 3.8) is 0 Å². The zero-order valence-electron chi connectivity index (χ0n) is 33.7. The zero-order valence-corrected chi connectivity index (χ0v) is 33.7. The number of rotatable bonds is 11. The van der Waals surface area contributed by atoms with Gasteiger partial charge in [-0.15, -0.1) is 0 Å². The molecule has 0 atom stereocenters. The second-order valence-corrected chi connectivity index (χ2v) is 15.1. The van der Waals surface area contributed by atoms with Crippen molar-refractivity contribution < 1.29 is 0 Å². The molecule has 58 heavy (non-hydrogen) atoms. The molecule has 0 saturated heterocycles. The van der Waals surface area contributed by atoms with Crippen LogP contribution < -0.4 is 9.80 Å². The van der Waals surface area contributed by atoms with E-state index < -0.39 is 0 Å². The number of aryl methyl sites for hydroxylation is 4. The molecular formula is C56H48N2. The van der Waals surface area contributed by atoms with Gasteiger partial charge in [0.2, 0.25) is 0 Å². The Morgan fingerprint density at radius 3 is 0.741 bits per heavy atom. The minimum absolute atomic E-state index is 1.13. The van der Waals surface area contributed by atoms with E-state index in [1.807, 2.05) is 0 Å². The van der Waals surface area contributed by atoms with Crippen LogP contribution in [0.1, 0.15) is 44.5 Å². The van der Waals surface area contributed by atoms with Crippen LogP contribution in [0.5, 0.6) is 0 Å². The van der Waals surface area contributed by atoms with Gasteiger partial charge in [0, 0.05) is 34.1 Å². The van der Waals surface area contributed by atoms with Crippen molar-refractivity contribution in [2.75, 3.05) is 9.80 Å². The third-order valence-electron chi connectivity index (χ3n) is 10.4. The Bertz CT molecular complexity index is 2400. The molecule has 0 saturated carbocycles. The smallest absolute Gasteiger partial charge is 0.0464 e. The van der Waals surface area contributed by atoms with Gasteiger partial charge in [0.25, 0.3) is 0 Å². The highest BCUT2D eigenvalue weighted by molar-refractivity contribution is 5.81. The summed E-state index contributed by atoms with van der Waals surface area (Å²) in [7, 11) is 0. The van der Waals surface area contributed by atoms with Crippen molar-refractivity contribution in [3.8, 4) is 11.1 Å². The van der Waals surface area contributed by atoms with Crippen LogP contribution in [0, 0.1) is 27.7 Å². The van der Waals surface area contributed by atoms with E-state index in [9.17, 15) is 0 Å². The molecule has 0 aromatic heterocycles. The Labute approximate surface area is 344 Å². The largest absolute Gasteiger partial charge is 0.310 e. The molecule has 8 aromatic rings. The highest BCUT2D eigenvalue weighted by Crippen LogP contribution is 2.37. The van der Waals surface area contributed by atoms with E-state index in [-0.39, 0.29) is 0 Å². The highest BCUT2D eigenvalue weighted by Gasteiger charge is 2.14. The standard InChI is InChI=1S/C56H48N2/c1-41-9-5-13-53(37-41)57(54-14-6-10-42(2)38-54)51-33-25-47(26-34-51)19-17-45-21-29-49(30-22-45)50-31-23-46(24-32-50)18-20-48-27-35-52(36-28-48)58(55-15-7-11-43(3)39-55)56-16-8-12-44(4)40-56/h5-40H,1-4H3. The Hall–Kier alpha value is -7.16. The molecule has 0 fully saturated rings. The molecule has 0 aliphatic heterocycles. The van der Waals surface area contributed by atoms with Gasteiger partial charge in [-0.05, 0) is 156 Å². The van der Waals surface area contributed by atoms with Gasteiger partial charge < -0.3 is 9.80 Å². The second-order valence-electron chi connectivity index (χ2n) is 15.1. The van der Waals surface area contributed by atoms with Crippen LogP contribution in [0.3, 0.4) is 0 Å². The minimum Gasteiger partial charge on any atom is -0.310 e. The minimum atomic E-state index is 1.13. The summed E-state index contributed by atoms with van der Waals surface area (Å²) < 4.78 is 0. The maximum absolute atomic E-state index is 2.32. The first-order valence-corrected chi connectivity index (χ1v) is 20.0. The summed E-state index contributed by atoms with van der Waals surface area (Å²) in [6, 6.07) is 69.8. The normalized spacial score (nSPS) is 11.3. The van der Waals surface area contributed by atoms with Gasteiger partial charge in [-0.1, -0.05) is 146 Å². The molecule has 8 aromatic carbocycles. The first-order valence-electron chi connectivity index (χ1n) is 20.0. The molecule has 0 bridgehead atoms. The van der Waals surface area contributed by atoms with E-state index in [1.165, 1.54) is 44.5 Å². The fraction of sp³-hybridized carbons (Fsp3) is 0.0714. The van der Waals surface area contributed by atoms with E-state index >= 15 is 0 Å². The Balaban J connectivity index is 0.915. The van der Waals surface area contributed by atoms with Gasteiger partial charge in [0.05, 0.1) is 0 Å². The summed E-state index contributed by atoms with van der Waals surface area (Å²) in [5, 5.41) is 0. The lowest BCUT2D eigenvalue weighted by Crippen LogP contribution is -2.10. The molecule has 0 N–H and O–H groups in total. The van der Waals surface area contributed by atoms with E-state index in [4.69, 9.17) is 0 Å². The quantitative estimate of drug-likeness (QED) is 0.122. The van der Waals surface area contributed by atoms with Crippen LogP contribution in [0.2, 0.25) is 0 Å². The maximum Gasteiger partial charge on any atom is 0.0464 e. The Morgan fingerprint density at radius 2 is 0.500 bits per heavy atom. The lowest BCUT2D eigenvalue weighted by Gasteiger charge is -2.26. The van der Waals surface area contributed by atoms with Crippen LogP contribution in [-0.2, 0) is 0 Å². The molecule has 2 nitrogen and oxygen atoms in total. The second kappa shape index (κ2) is 17.3. The topological polar surface area (TPSA) is 6.48 Å². The summed E-state index contributed by atoms with van der Waals surface area (Å²) in [5.41, 5.74) is 18.9. The predicted molar refractivity (Wildman–Crippen MR) is 251 cm³/mol. The highest BCUT2D eigenvalue weighted by atomic mass is 15.1. The van der Waals surface area contributed by atoms with Crippen molar-refractivity contribution in [1.82, 2.24) is 0 Å². The number of nitrogens with zero attached hydrogens (tertiary/aromatic N) is 2. The first-order chi connectivity index (χ1) is 28.3. The molecule has 0 amide bonds. The van der Waals surface area contributed by atoms with E-state index in [1.54, 1.807) is 0 Å². The molecule has 0 heterocycles. The van der Waals surface area contributed by atoms with Crippen molar-refractivity contribution in [2.24, 2.45) is 0 Å². The molecule has 0 aliphatic carbocycles. The van der Waals surface area contributed by atoms with E-state index in [2.05, 4.69) is 256 Å². The van der Waals surface area contributed by atoms with Crippen molar-refractivity contribution in [1.29, 1.82) is 0 Å². The average molecular weight is 749 g/mol. The van der Waals surface area contributed by atoms with Crippen molar-refractivity contribution in [3.05, 3.63) is 239 Å². The van der Waals surface area contributed by atoms with Gasteiger partial charge in [-0.25, -0.2) is 0 Å². The van der Waals surface area contributed by atoms with E-state index in [0.29, 0.717) is 0 Å². The molecule has 8 rings (SSSR count). The predicted octanol–water partition coefficient (Wildman–Crippen LogP) is 15.9. The monoisotopic (exact) mass is 748 g/mol. The van der Waals surface area contributed by atoms with E-state index in [0.717, 1.165) is 45.3 Å². The maximum atomic E-state index is 2.32. The lowest BCUT2D eigenvalue weighted by molar-refractivity contribution is 1.26. The molecule has 0 unspecified atom stereocenters. The summed E-state index contributed by atoms with van der Waals surface area (Å²) in [5.74, 6) is 0. The average Bonchev–Trinajstić information content (AvgIpc) is 3.24. The summed E-state index contributed by atoms with van der Waals surface area (Å²) >= 11 is 0. The summed E-state index contributed by atoms with van der Waals surface area (Å²) in [4.78, 5) is 4.64. The summed E-state index contributed by atoms with van der Waals surface area (Å²) in [6.07, 6.45) is 8.73. The van der Waals surface area contributed by atoms with Crippen LogP contribution in [-0.4, -0.2) is 0 Å². The molecule has 0 radical (unpaired) electrons. The number of anilines is 6. The molecular weight excluding hydrogens is 701 g/mol. The molecule has 0 spiro atoms. The third-order valence-corrected chi connectivity index (χ3v) is 10.4. The van der Waals surface area contributed by atoms with Crippen molar-refractivity contribution >= 4 is 58.4 Å². The SMILES string of the molecule is Cc1cccc(N(c2ccc(C=Cc3ccc(-c4ccc(C=Cc5ccc(N(c6cccc(C)c6)c6cccc(C)c6)cc5)cc4)cc3)cc2)c2cccc(C)c2)c1. The number of benzene rings is 8. The van der Waals surface area contributed by atoms with Gasteiger partial charge in [-0.2, -0.15) is 0 Å². The molecule has 282 valence electrons.